The molecule has 4 aromatic rings. The summed E-state index contributed by atoms with van der Waals surface area (Å²) in [5, 5.41) is 0.840. The van der Waals surface area contributed by atoms with Gasteiger partial charge in [-0.1, -0.05) is 72.4 Å². The fourth-order valence-electron chi connectivity index (χ4n) is 3.94. The molecule has 0 saturated carbocycles. The van der Waals surface area contributed by atoms with Crippen molar-refractivity contribution in [2.24, 2.45) is 4.99 Å². The average Bonchev–Trinajstić information content (AvgIpc) is 3.00. The van der Waals surface area contributed by atoms with E-state index in [1.165, 1.54) is 12.7 Å². The monoisotopic (exact) mass is 620 g/mol. The van der Waals surface area contributed by atoms with Gasteiger partial charge in [-0.2, -0.15) is 0 Å². The van der Waals surface area contributed by atoms with Crippen molar-refractivity contribution < 1.29 is 19.0 Å². The molecule has 0 aliphatic rings. The highest BCUT2D eigenvalue weighted by Gasteiger charge is 2.16. The number of aliphatic imine (C=N–C) groups is 1. The second-order valence-corrected chi connectivity index (χ2v) is 9.71. The van der Waals surface area contributed by atoms with Gasteiger partial charge in [0.25, 0.3) is 0 Å². The maximum Gasteiger partial charge on any atom is 0.337 e. The molecule has 8 heteroatoms. The van der Waals surface area contributed by atoms with Crippen LogP contribution in [-0.4, -0.2) is 37.4 Å². The fraction of sp³-hybridized carbons (Fsp3) is 0.188. The highest BCUT2D eigenvalue weighted by Crippen LogP contribution is 2.26. The molecule has 0 aliphatic carbocycles. The molecule has 0 aromatic heterocycles. The maximum absolute atomic E-state index is 12.2. The Labute approximate surface area is 250 Å². The number of halogens is 1. The third-order valence-corrected chi connectivity index (χ3v) is 7.12. The third-order valence-electron chi connectivity index (χ3n) is 6.04. The van der Waals surface area contributed by atoms with Crippen LogP contribution in [0.1, 0.15) is 27.0 Å². The number of hydrogen-bond donors (Lipinski definition) is 0. The number of rotatable bonds is 10. The number of carbonyl (C=O) groups excluding carboxylic acids is 1. The van der Waals surface area contributed by atoms with E-state index in [4.69, 9.17) is 19.2 Å². The van der Waals surface area contributed by atoms with Crippen molar-refractivity contribution in [1.82, 2.24) is 4.90 Å². The van der Waals surface area contributed by atoms with Gasteiger partial charge in [0.1, 0.15) is 11.5 Å². The van der Waals surface area contributed by atoms with Gasteiger partial charge in [-0.05, 0) is 59.2 Å². The molecule has 0 heterocycles. The molecule has 0 aliphatic heterocycles. The molecule has 4 rings (SSSR count). The summed E-state index contributed by atoms with van der Waals surface area (Å²) < 4.78 is 15.6. The Kier molecular flexibility index (Phi) is 12.1. The lowest BCUT2D eigenvalue weighted by Gasteiger charge is -2.26. The van der Waals surface area contributed by atoms with Crippen molar-refractivity contribution >= 4 is 45.6 Å². The van der Waals surface area contributed by atoms with E-state index >= 15 is 0 Å². The van der Waals surface area contributed by atoms with E-state index in [1.807, 2.05) is 54.6 Å². The molecule has 6 nitrogen and oxygen atoms in total. The summed E-state index contributed by atoms with van der Waals surface area (Å²) in [6, 6.07) is 33.7. The largest absolute Gasteiger partial charge is 0.497 e. The summed E-state index contributed by atoms with van der Waals surface area (Å²) in [6.45, 7) is 1.26. The van der Waals surface area contributed by atoms with Gasteiger partial charge in [-0.15, -0.1) is 17.0 Å². The number of ether oxygens (including phenoxy) is 3. The zero-order valence-electron chi connectivity index (χ0n) is 22.8. The van der Waals surface area contributed by atoms with Crippen LogP contribution in [0.3, 0.4) is 0 Å². The topological polar surface area (TPSA) is 60.4 Å². The van der Waals surface area contributed by atoms with Gasteiger partial charge in [0.15, 0.2) is 5.17 Å². The van der Waals surface area contributed by atoms with Gasteiger partial charge in [-0.25, -0.2) is 9.79 Å². The summed E-state index contributed by atoms with van der Waals surface area (Å²) in [4.78, 5) is 19.5. The highest BCUT2D eigenvalue weighted by molar-refractivity contribution is 8.93. The molecule has 0 radical (unpaired) electrons. The number of benzene rings is 4. The van der Waals surface area contributed by atoms with E-state index in [9.17, 15) is 4.79 Å². The van der Waals surface area contributed by atoms with E-state index in [2.05, 4.69) is 41.3 Å². The fourth-order valence-corrected chi connectivity index (χ4v) is 4.91. The summed E-state index contributed by atoms with van der Waals surface area (Å²) in [5.74, 6) is 1.98. The van der Waals surface area contributed by atoms with Crippen molar-refractivity contribution in [1.29, 1.82) is 0 Å². The molecule has 0 amide bonds. The molecule has 0 spiro atoms. The van der Waals surface area contributed by atoms with E-state index in [0.29, 0.717) is 24.3 Å². The van der Waals surface area contributed by atoms with Crippen molar-refractivity contribution in [2.75, 3.05) is 21.3 Å². The first kappa shape index (κ1) is 30.8. The van der Waals surface area contributed by atoms with Gasteiger partial charge in [0.2, 0.25) is 0 Å². The summed E-state index contributed by atoms with van der Waals surface area (Å²) in [5.41, 5.74) is 4.60. The predicted octanol–water partition coefficient (Wildman–Crippen LogP) is 7.69. The molecular weight excluding hydrogens is 588 g/mol. The molecule has 40 heavy (non-hydrogen) atoms. The molecule has 0 unspecified atom stereocenters. The molecular formula is C32H33BrN2O4S. The summed E-state index contributed by atoms with van der Waals surface area (Å²) in [7, 11) is 4.71. The average molecular weight is 622 g/mol. The van der Waals surface area contributed by atoms with Crippen LogP contribution in [0.15, 0.2) is 108 Å². The lowest BCUT2D eigenvalue weighted by molar-refractivity contribution is 0.0600. The molecule has 208 valence electrons. The number of hydrogen-bond acceptors (Lipinski definition) is 6. The van der Waals surface area contributed by atoms with Crippen LogP contribution in [0.2, 0.25) is 0 Å². The van der Waals surface area contributed by atoms with Gasteiger partial charge in [-0.3, -0.25) is 0 Å². The summed E-state index contributed by atoms with van der Waals surface area (Å²) >= 11 is 1.66. The minimum Gasteiger partial charge on any atom is -0.497 e. The van der Waals surface area contributed by atoms with Gasteiger partial charge in [0.05, 0.1) is 32.6 Å². The second-order valence-electron chi connectivity index (χ2n) is 8.76. The number of amidine groups is 1. The van der Waals surface area contributed by atoms with Crippen molar-refractivity contribution in [2.45, 2.75) is 18.8 Å². The Bertz CT molecular complexity index is 1330. The Hall–Kier alpha value is -3.75. The maximum atomic E-state index is 12.2. The first-order valence-corrected chi connectivity index (χ1v) is 13.5. The number of thioether (sulfide) groups is 1. The first-order valence-electron chi connectivity index (χ1n) is 12.5. The molecule has 0 bridgehead atoms. The Morgan fingerprint density at radius 3 is 1.82 bits per heavy atom. The molecule has 0 fully saturated rings. The third kappa shape index (κ3) is 8.89. The van der Waals surface area contributed by atoms with Crippen LogP contribution in [0.4, 0.5) is 5.69 Å². The highest BCUT2D eigenvalue weighted by atomic mass is 79.9. The van der Waals surface area contributed by atoms with Gasteiger partial charge < -0.3 is 19.1 Å². The Balaban J connectivity index is 0.00000441. The zero-order chi connectivity index (χ0) is 27.5. The first-order chi connectivity index (χ1) is 19.1. The number of methoxy groups -OCH3 is 3. The molecule has 4 aromatic carbocycles. The lowest BCUT2D eigenvalue weighted by atomic mass is 10.1. The van der Waals surface area contributed by atoms with Crippen molar-refractivity contribution in [3.8, 4) is 11.5 Å². The van der Waals surface area contributed by atoms with Crippen LogP contribution < -0.4 is 9.47 Å². The van der Waals surface area contributed by atoms with Crippen molar-refractivity contribution in [3.63, 3.8) is 0 Å². The standard InChI is InChI=1S/C32H32N2O4S.BrH/c1-36-29-16-12-24(13-17-29)21-34(22-25-14-18-30(37-2)19-15-25)32(39-23-26-8-5-4-6-9-26)33-28-11-7-10-27(20-28)31(35)38-3;/h4-20H,21-23H2,1-3H3;1H. The van der Waals surface area contributed by atoms with Gasteiger partial charge >= 0.3 is 5.97 Å². The SMILES string of the molecule is Br.COC(=O)c1cccc(N=C(SCc2ccccc2)N(Cc2ccc(OC)cc2)Cc2ccc(OC)cc2)c1. The Morgan fingerprint density at radius 1 is 0.725 bits per heavy atom. The van der Waals surface area contributed by atoms with Crippen LogP contribution >= 0.6 is 28.7 Å². The van der Waals surface area contributed by atoms with E-state index in [0.717, 1.165) is 33.5 Å². The van der Waals surface area contributed by atoms with Crippen molar-refractivity contribution in [3.05, 3.63) is 125 Å². The normalized spacial score (nSPS) is 10.8. The number of esters is 1. The van der Waals surface area contributed by atoms with E-state index in [1.54, 1.807) is 38.1 Å². The van der Waals surface area contributed by atoms with Gasteiger partial charge in [0, 0.05) is 18.8 Å². The van der Waals surface area contributed by atoms with E-state index < -0.39 is 0 Å². The molecule has 0 N–H and O–H groups in total. The number of nitrogens with zero attached hydrogens (tertiary/aromatic N) is 2. The lowest BCUT2D eigenvalue weighted by Crippen LogP contribution is -2.28. The number of carbonyl (C=O) groups is 1. The van der Waals surface area contributed by atoms with E-state index in [-0.39, 0.29) is 23.0 Å². The smallest absolute Gasteiger partial charge is 0.337 e. The minimum absolute atomic E-state index is 0. The Morgan fingerprint density at radius 2 is 1.30 bits per heavy atom. The van der Waals surface area contributed by atoms with Crippen LogP contribution in [0.25, 0.3) is 0 Å². The second kappa shape index (κ2) is 15.7. The van der Waals surface area contributed by atoms with Crippen LogP contribution in [0.5, 0.6) is 11.5 Å². The predicted molar refractivity (Wildman–Crippen MR) is 168 cm³/mol. The summed E-state index contributed by atoms with van der Waals surface area (Å²) in [6.07, 6.45) is 0. The molecule has 0 atom stereocenters. The van der Waals surface area contributed by atoms with Crippen LogP contribution in [0, 0.1) is 0 Å². The quantitative estimate of drug-likeness (QED) is 0.103. The zero-order valence-corrected chi connectivity index (χ0v) is 25.3. The minimum atomic E-state index is -0.390. The molecule has 0 saturated heterocycles. The van der Waals surface area contributed by atoms with Crippen LogP contribution in [-0.2, 0) is 23.6 Å².